The van der Waals surface area contributed by atoms with Gasteiger partial charge in [-0.15, -0.1) is 0 Å². The van der Waals surface area contributed by atoms with E-state index in [0.29, 0.717) is 12.2 Å². The molecule has 0 rings (SSSR count). The molecule has 0 aliphatic heterocycles. The molecule has 0 fully saturated rings. The van der Waals surface area contributed by atoms with Crippen molar-refractivity contribution in [3.63, 3.8) is 0 Å². The van der Waals surface area contributed by atoms with E-state index in [0.717, 1.165) is 0 Å². The summed E-state index contributed by atoms with van der Waals surface area (Å²) in [6.45, 7) is 8.81. The Morgan fingerprint density at radius 2 is 1.38 bits per heavy atom. The van der Waals surface area contributed by atoms with Crippen LogP contribution in [0.15, 0.2) is 0 Å². The summed E-state index contributed by atoms with van der Waals surface area (Å²) in [6, 6.07) is 0. The third-order valence-corrected chi connectivity index (χ3v) is 2.95. The molecular weight excluding hydrogens is 196 g/mol. The monoisotopic (exact) mass is 228 g/mol. The second-order valence-corrected chi connectivity index (χ2v) is 5.15. The first-order chi connectivity index (χ1) is 7.70. The number of hydrogen-bond acceptors (Lipinski definition) is 1. The third-order valence-electron chi connectivity index (χ3n) is 2.95. The maximum atomic E-state index is 5.92. The molecule has 0 radical (unpaired) electrons. The van der Waals surface area contributed by atoms with Gasteiger partial charge >= 0.3 is 0 Å². The van der Waals surface area contributed by atoms with Crippen molar-refractivity contribution in [3.05, 3.63) is 0 Å². The van der Waals surface area contributed by atoms with Crippen LogP contribution < -0.4 is 0 Å². The molecule has 0 aromatic carbocycles. The fraction of sp³-hybridized carbons (Fsp3) is 1.00. The molecule has 0 heterocycles. The van der Waals surface area contributed by atoms with Gasteiger partial charge in [0.2, 0.25) is 0 Å². The Morgan fingerprint density at radius 1 is 0.750 bits per heavy atom. The lowest BCUT2D eigenvalue weighted by Crippen LogP contribution is -2.17. The number of ether oxygens (including phenoxy) is 1. The van der Waals surface area contributed by atoms with Crippen LogP contribution in [-0.4, -0.2) is 12.2 Å². The van der Waals surface area contributed by atoms with Crippen molar-refractivity contribution in [2.75, 3.05) is 0 Å². The molecule has 1 atom stereocenters. The average molecular weight is 228 g/mol. The largest absolute Gasteiger partial charge is 0.376 e. The van der Waals surface area contributed by atoms with Crippen molar-refractivity contribution >= 4 is 0 Å². The van der Waals surface area contributed by atoms with Crippen molar-refractivity contribution in [1.82, 2.24) is 0 Å². The Labute approximate surface area is 103 Å². The van der Waals surface area contributed by atoms with E-state index in [4.69, 9.17) is 4.74 Å². The standard InChI is InChI=1S/C15H32O/c1-5-7-8-9-10-11-13-15(12-6-2)16-14(3)4/h14-15H,5-13H2,1-4H3. The molecule has 0 aliphatic rings. The maximum Gasteiger partial charge on any atom is 0.0578 e. The van der Waals surface area contributed by atoms with Crippen LogP contribution in [0.1, 0.15) is 85.5 Å². The highest BCUT2D eigenvalue weighted by atomic mass is 16.5. The molecule has 1 heteroatoms. The summed E-state index contributed by atoms with van der Waals surface area (Å²) in [5.74, 6) is 0. The zero-order chi connectivity index (χ0) is 12.2. The van der Waals surface area contributed by atoms with E-state index in [-0.39, 0.29) is 0 Å². The lowest BCUT2D eigenvalue weighted by molar-refractivity contribution is -0.00298. The second-order valence-electron chi connectivity index (χ2n) is 5.15. The molecule has 98 valence electrons. The lowest BCUT2D eigenvalue weighted by atomic mass is 10.0. The summed E-state index contributed by atoms with van der Waals surface area (Å²) in [4.78, 5) is 0. The number of unbranched alkanes of at least 4 members (excludes halogenated alkanes) is 5. The Bertz CT molecular complexity index is 131. The van der Waals surface area contributed by atoms with E-state index in [2.05, 4.69) is 27.7 Å². The Morgan fingerprint density at radius 3 is 1.94 bits per heavy atom. The van der Waals surface area contributed by atoms with Gasteiger partial charge < -0.3 is 4.74 Å². The Kier molecular flexibility index (Phi) is 11.4. The second kappa shape index (κ2) is 11.4. The highest BCUT2D eigenvalue weighted by Gasteiger charge is 2.09. The molecule has 0 saturated carbocycles. The van der Waals surface area contributed by atoms with Crippen molar-refractivity contribution in [1.29, 1.82) is 0 Å². The van der Waals surface area contributed by atoms with Gasteiger partial charge in [0.1, 0.15) is 0 Å². The van der Waals surface area contributed by atoms with Gasteiger partial charge in [-0.25, -0.2) is 0 Å². The Hall–Kier alpha value is -0.0400. The zero-order valence-electron chi connectivity index (χ0n) is 11.9. The van der Waals surface area contributed by atoms with E-state index >= 15 is 0 Å². The van der Waals surface area contributed by atoms with Crippen LogP contribution in [0.2, 0.25) is 0 Å². The zero-order valence-corrected chi connectivity index (χ0v) is 11.9. The molecule has 1 nitrogen and oxygen atoms in total. The quantitative estimate of drug-likeness (QED) is 0.434. The van der Waals surface area contributed by atoms with Crippen LogP contribution >= 0.6 is 0 Å². The highest BCUT2D eigenvalue weighted by Crippen LogP contribution is 2.15. The van der Waals surface area contributed by atoms with Crippen LogP contribution in [0, 0.1) is 0 Å². The summed E-state index contributed by atoms with van der Waals surface area (Å²) in [6.07, 6.45) is 12.9. The van der Waals surface area contributed by atoms with Gasteiger partial charge in [0, 0.05) is 0 Å². The summed E-state index contributed by atoms with van der Waals surface area (Å²) in [5, 5.41) is 0. The minimum atomic E-state index is 0.386. The molecule has 0 amide bonds. The van der Waals surface area contributed by atoms with Crippen LogP contribution in [0.25, 0.3) is 0 Å². The van der Waals surface area contributed by atoms with E-state index in [1.54, 1.807) is 0 Å². The van der Waals surface area contributed by atoms with Crippen molar-refractivity contribution in [2.24, 2.45) is 0 Å². The molecule has 16 heavy (non-hydrogen) atoms. The fourth-order valence-corrected chi connectivity index (χ4v) is 2.14. The van der Waals surface area contributed by atoms with Crippen LogP contribution in [0.4, 0.5) is 0 Å². The van der Waals surface area contributed by atoms with E-state index < -0.39 is 0 Å². The van der Waals surface area contributed by atoms with Gasteiger partial charge in [0.25, 0.3) is 0 Å². The van der Waals surface area contributed by atoms with Crippen LogP contribution in [0.5, 0.6) is 0 Å². The molecule has 1 unspecified atom stereocenters. The Balaban J connectivity index is 3.44. The number of hydrogen-bond donors (Lipinski definition) is 0. The maximum absolute atomic E-state index is 5.92. The molecule has 0 aliphatic carbocycles. The molecular formula is C15H32O. The topological polar surface area (TPSA) is 9.23 Å². The molecule has 0 N–H and O–H groups in total. The summed E-state index contributed by atoms with van der Waals surface area (Å²) in [7, 11) is 0. The van der Waals surface area contributed by atoms with Crippen molar-refractivity contribution < 1.29 is 4.74 Å². The van der Waals surface area contributed by atoms with E-state index in [9.17, 15) is 0 Å². The van der Waals surface area contributed by atoms with E-state index in [1.807, 2.05) is 0 Å². The first kappa shape index (κ1) is 16.0. The normalized spacial score (nSPS) is 13.3. The predicted octanol–water partition coefficient (Wildman–Crippen LogP) is 5.33. The van der Waals surface area contributed by atoms with Gasteiger partial charge in [-0.1, -0.05) is 58.8 Å². The molecule has 0 aromatic rings. The lowest BCUT2D eigenvalue weighted by Gasteiger charge is -2.19. The average Bonchev–Trinajstić information content (AvgIpc) is 2.22. The van der Waals surface area contributed by atoms with E-state index in [1.165, 1.54) is 57.8 Å². The summed E-state index contributed by atoms with van der Waals surface area (Å²) >= 11 is 0. The molecule has 0 spiro atoms. The van der Waals surface area contributed by atoms with Crippen molar-refractivity contribution in [2.45, 2.75) is 97.7 Å². The summed E-state index contributed by atoms with van der Waals surface area (Å²) in [5.41, 5.74) is 0. The molecule has 0 aromatic heterocycles. The molecule has 0 bridgehead atoms. The highest BCUT2D eigenvalue weighted by molar-refractivity contribution is 4.59. The molecule has 0 saturated heterocycles. The van der Waals surface area contributed by atoms with Crippen LogP contribution in [0.3, 0.4) is 0 Å². The number of rotatable bonds is 11. The van der Waals surface area contributed by atoms with Gasteiger partial charge in [0.05, 0.1) is 12.2 Å². The summed E-state index contributed by atoms with van der Waals surface area (Å²) < 4.78 is 5.92. The van der Waals surface area contributed by atoms with Gasteiger partial charge in [0.15, 0.2) is 0 Å². The van der Waals surface area contributed by atoms with Gasteiger partial charge in [-0.3, -0.25) is 0 Å². The smallest absolute Gasteiger partial charge is 0.0578 e. The van der Waals surface area contributed by atoms with Gasteiger partial charge in [-0.2, -0.15) is 0 Å². The van der Waals surface area contributed by atoms with Crippen molar-refractivity contribution in [3.8, 4) is 0 Å². The first-order valence-electron chi connectivity index (χ1n) is 7.36. The SMILES string of the molecule is CCCCCCCCC(CCC)OC(C)C. The first-order valence-corrected chi connectivity index (χ1v) is 7.36. The third kappa shape index (κ3) is 10.5. The van der Waals surface area contributed by atoms with Gasteiger partial charge in [-0.05, 0) is 26.7 Å². The van der Waals surface area contributed by atoms with Crippen LogP contribution in [-0.2, 0) is 4.74 Å². The predicted molar refractivity (Wildman–Crippen MR) is 72.9 cm³/mol. The minimum Gasteiger partial charge on any atom is -0.376 e. The minimum absolute atomic E-state index is 0.386. The fourth-order valence-electron chi connectivity index (χ4n) is 2.14.